The maximum absolute atomic E-state index is 14.2. The van der Waals surface area contributed by atoms with Gasteiger partial charge in [-0.15, -0.1) is 0 Å². The van der Waals surface area contributed by atoms with Crippen LogP contribution in [0.3, 0.4) is 0 Å². The van der Waals surface area contributed by atoms with Crippen LogP contribution in [0.1, 0.15) is 18.4 Å². The van der Waals surface area contributed by atoms with Crippen molar-refractivity contribution in [1.29, 1.82) is 0 Å². The van der Waals surface area contributed by atoms with Gasteiger partial charge in [-0.2, -0.15) is 0 Å². The van der Waals surface area contributed by atoms with Gasteiger partial charge in [-0.05, 0) is 88.7 Å². The molecule has 5 rings (SSSR count). The van der Waals surface area contributed by atoms with E-state index >= 15 is 0 Å². The minimum absolute atomic E-state index is 0.101. The van der Waals surface area contributed by atoms with Gasteiger partial charge in [0.05, 0.1) is 6.61 Å². The predicted molar refractivity (Wildman–Crippen MR) is 131 cm³/mol. The monoisotopic (exact) mass is 472 g/mol. The van der Waals surface area contributed by atoms with Crippen LogP contribution in [0.2, 0.25) is 0 Å². The normalized spacial score (nSPS) is 12.9. The molecular weight excluding hydrogens is 447 g/mol. The van der Waals surface area contributed by atoms with E-state index in [4.69, 9.17) is 19.3 Å². The Morgan fingerprint density at radius 3 is 2.40 bits per heavy atom. The molecule has 6 heteroatoms. The third-order valence-electron chi connectivity index (χ3n) is 5.91. The summed E-state index contributed by atoms with van der Waals surface area (Å²) in [4.78, 5) is 10.6. The average molecular weight is 473 g/mol. The van der Waals surface area contributed by atoms with Gasteiger partial charge in [0.15, 0.2) is 18.2 Å². The van der Waals surface area contributed by atoms with Crippen molar-refractivity contribution in [3.63, 3.8) is 0 Å². The highest BCUT2D eigenvalue weighted by atomic mass is 19.1. The summed E-state index contributed by atoms with van der Waals surface area (Å²) in [5.74, 6) is 0.405. The molecular formula is C29H25FO5. The fourth-order valence-electron chi connectivity index (χ4n) is 3.81. The predicted octanol–water partition coefficient (Wildman–Crippen LogP) is 6.48. The van der Waals surface area contributed by atoms with Crippen molar-refractivity contribution in [2.75, 3.05) is 13.2 Å². The number of halogens is 1. The lowest BCUT2D eigenvalue weighted by Gasteiger charge is -2.11. The topological polar surface area (TPSA) is 65.0 Å². The second kappa shape index (κ2) is 10.1. The van der Waals surface area contributed by atoms with Crippen molar-refractivity contribution in [3.05, 3.63) is 90.2 Å². The number of hydrogen-bond acceptors (Lipinski definition) is 4. The van der Waals surface area contributed by atoms with Gasteiger partial charge in [0.1, 0.15) is 18.1 Å². The van der Waals surface area contributed by atoms with Gasteiger partial charge in [0.2, 0.25) is 0 Å². The molecule has 0 aliphatic heterocycles. The van der Waals surface area contributed by atoms with Gasteiger partial charge in [-0.3, -0.25) is 0 Å². The van der Waals surface area contributed by atoms with Crippen LogP contribution in [0, 0.1) is 11.7 Å². The van der Waals surface area contributed by atoms with E-state index in [0.717, 1.165) is 40.2 Å². The average Bonchev–Trinajstić information content (AvgIpc) is 3.70. The summed E-state index contributed by atoms with van der Waals surface area (Å²) in [6.07, 6.45) is 2.54. The molecule has 0 atom stereocenters. The molecule has 0 aromatic heterocycles. The van der Waals surface area contributed by atoms with Crippen LogP contribution >= 0.6 is 0 Å². The molecule has 1 aliphatic rings. The summed E-state index contributed by atoms with van der Waals surface area (Å²) in [7, 11) is 0. The van der Waals surface area contributed by atoms with E-state index in [1.807, 2.05) is 30.3 Å². The van der Waals surface area contributed by atoms with E-state index in [2.05, 4.69) is 30.3 Å². The fraction of sp³-hybridized carbons (Fsp3) is 0.207. The highest BCUT2D eigenvalue weighted by molar-refractivity contribution is 5.88. The third-order valence-corrected chi connectivity index (χ3v) is 5.91. The highest BCUT2D eigenvalue weighted by Crippen LogP contribution is 2.32. The first-order valence-corrected chi connectivity index (χ1v) is 11.6. The van der Waals surface area contributed by atoms with Crippen molar-refractivity contribution in [1.82, 2.24) is 0 Å². The van der Waals surface area contributed by atoms with Gasteiger partial charge in [-0.25, -0.2) is 9.18 Å². The van der Waals surface area contributed by atoms with E-state index in [1.165, 1.54) is 25.0 Å². The van der Waals surface area contributed by atoms with E-state index in [-0.39, 0.29) is 12.4 Å². The van der Waals surface area contributed by atoms with E-state index in [0.29, 0.717) is 11.3 Å². The zero-order valence-corrected chi connectivity index (χ0v) is 19.1. The van der Waals surface area contributed by atoms with Crippen LogP contribution < -0.4 is 14.2 Å². The van der Waals surface area contributed by atoms with E-state index < -0.39 is 18.4 Å². The molecule has 0 amide bonds. The lowest BCUT2D eigenvalue weighted by Crippen LogP contribution is -2.10. The summed E-state index contributed by atoms with van der Waals surface area (Å²) in [6.45, 7) is 0.371. The highest BCUT2D eigenvalue weighted by Gasteiger charge is 2.21. The minimum atomic E-state index is -1.16. The number of ether oxygens (including phenoxy) is 3. The Kier molecular flexibility index (Phi) is 6.53. The molecule has 5 nitrogen and oxygen atoms in total. The molecule has 1 N–H and O–H groups in total. The number of fused-ring (bicyclic) bond motifs is 1. The first-order chi connectivity index (χ1) is 17.0. The Morgan fingerprint density at radius 2 is 1.60 bits per heavy atom. The Labute approximate surface area is 202 Å². The molecule has 0 radical (unpaired) electrons. The van der Waals surface area contributed by atoms with Crippen LogP contribution in [-0.2, 0) is 11.4 Å². The Balaban J connectivity index is 1.25. The van der Waals surface area contributed by atoms with Gasteiger partial charge in [0.25, 0.3) is 0 Å². The molecule has 0 spiro atoms. The first kappa shape index (κ1) is 22.7. The fourth-order valence-corrected chi connectivity index (χ4v) is 3.81. The molecule has 0 bridgehead atoms. The summed E-state index contributed by atoms with van der Waals surface area (Å²) < 4.78 is 30.9. The van der Waals surface area contributed by atoms with E-state index in [1.54, 1.807) is 6.07 Å². The molecule has 35 heavy (non-hydrogen) atoms. The quantitative estimate of drug-likeness (QED) is 0.286. The number of rotatable bonds is 10. The number of carboxylic acids is 1. The largest absolute Gasteiger partial charge is 0.493 e. The number of hydrogen-bond donors (Lipinski definition) is 1. The summed E-state index contributed by atoms with van der Waals surface area (Å²) in [6, 6.07) is 24.6. The number of benzene rings is 4. The summed E-state index contributed by atoms with van der Waals surface area (Å²) in [5, 5.41) is 10.9. The Hall–Kier alpha value is -4.06. The number of carboxylic acid groups (broad SMARTS) is 1. The van der Waals surface area contributed by atoms with Crippen molar-refractivity contribution < 1.29 is 28.5 Å². The maximum Gasteiger partial charge on any atom is 0.341 e. The molecule has 4 aromatic rings. The molecule has 0 heterocycles. The van der Waals surface area contributed by atoms with Crippen molar-refractivity contribution in [2.24, 2.45) is 5.92 Å². The van der Waals surface area contributed by atoms with Crippen molar-refractivity contribution in [2.45, 2.75) is 19.4 Å². The SMILES string of the molecule is O=C(O)COc1ccc(COc2cccc(-c3ccc4cc(OCC5CC5)ccc4c3)c2)cc1F. The van der Waals surface area contributed by atoms with E-state index in [9.17, 15) is 9.18 Å². The molecule has 178 valence electrons. The second-order valence-corrected chi connectivity index (χ2v) is 8.74. The van der Waals surface area contributed by atoms with Gasteiger partial charge in [-0.1, -0.05) is 36.4 Å². The lowest BCUT2D eigenvalue weighted by molar-refractivity contribution is -0.139. The summed E-state index contributed by atoms with van der Waals surface area (Å²) >= 11 is 0. The van der Waals surface area contributed by atoms with Gasteiger partial charge < -0.3 is 19.3 Å². The van der Waals surface area contributed by atoms with Crippen molar-refractivity contribution in [3.8, 4) is 28.4 Å². The minimum Gasteiger partial charge on any atom is -0.493 e. The Bertz CT molecular complexity index is 1360. The van der Waals surface area contributed by atoms with Gasteiger partial charge in [0, 0.05) is 0 Å². The molecule has 4 aromatic carbocycles. The molecule has 1 saturated carbocycles. The van der Waals surface area contributed by atoms with Crippen LogP contribution in [-0.4, -0.2) is 24.3 Å². The van der Waals surface area contributed by atoms with Crippen LogP contribution in [0.25, 0.3) is 21.9 Å². The second-order valence-electron chi connectivity index (χ2n) is 8.74. The molecule has 1 aliphatic carbocycles. The van der Waals surface area contributed by atoms with Crippen LogP contribution in [0.15, 0.2) is 78.9 Å². The zero-order chi connectivity index (χ0) is 24.2. The summed E-state index contributed by atoms with van der Waals surface area (Å²) in [5.41, 5.74) is 2.70. The standard InChI is InChI=1S/C29H25FO5/c30-27-12-20(6-11-28(27)35-18-29(31)32)17-34-25-3-1-2-21(14-25)22-7-8-24-15-26(10-9-23(24)13-22)33-16-19-4-5-19/h1-3,6-15,19H,4-5,16-18H2,(H,31,32). The van der Waals surface area contributed by atoms with Crippen LogP contribution in [0.4, 0.5) is 4.39 Å². The van der Waals surface area contributed by atoms with Crippen molar-refractivity contribution >= 4 is 16.7 Å². The number of aliphatic carboxylic acids is 1. The Morgan fingerprint density at radius 1 is 0.829 bits per heavy atom. The maximum atomic E-state index is 14.2. The van der Waals surface area contributed by atoms with Gasteiger partial charge >= 0.3 is 5.97 Å². The molecule has 0 unspecified atom stereocenters. The number of carbonyl (C=O) groups is 1. The molecule has 0 saturated heterocycles. The molecule has 1 fully saturated rings. The smallest absolute Gasteiger partial charge is 0.341 e. The lowest BCUT2D eigenvalue weighted by atomic mass is 10.0. The zero-order valence-electron chi connectivity index (χ0n) is 19.1. The van der Waals surface area contributed by atoms with Crippen LogP contribution in [0.5, 0.6) is 17.2 Å². The third kappa shape index (κ3) is 5.90. The first-order valence-electron chi connectivity index (χ1n) is 11.6.